The van der Waals surface area contributed by atoms with Crippen LogP contribution in [0.15, 0.2) is 27.6 Å². The number of hydrogen-bond donors (Lipinski definition) is 0. The third-order valence-electron chi connectivity index (χ3n) is 4.09. The number of thioether (sulfide) groups is 1. The molecule has 2 aliphatic heterocycles. The summed E-state index contributed by atoms with van der Waals surface area (Å²) in [5, 5.41) is -0.380. The van der Waals surface area contributed by atoms with Crippen molar-refractivity contribution < 1.29 is 23.9 Å². The van der Waals surface area contributed by atoms with Gasteiger partial charge in [0.1, 0.15) is 5.75 Å². The fraction of sp³-hybridized carbons (Fsp3) is 0.316. The van der Waals surface area contributed by atoms with Gasteiger partial charge in [-0.1, -0.05) is 12.0 Å². The highest BCUT2D eigenvalue weighted by Crippen LogP contribution is 2.33. The van der Waals surface area contributed by atoms with Crippen molar-refractivity contribution in [3.8, 4) is 18.1 Å². The van der Waals surface area contributed by atoms with Crippen molar-refractivity contribution in [3.63, 3.8) is 0 Å². The molecule has 2 saturated heterocycles. The van der Waals surface area contributed by atoms with Gasteiger partial charge in [-0.05, 0) is 51.5 Å². The first kappa shape index (κ1) is 20.5. The number of benzene rings is 1. The molecule has 28 heavy (non-hydrogen) atoms. The van der Waals surface area contributed by atoms with E-state index in [0.29, 0.717) is 47.0 Å². The summed E-state index contributed by atoms with van der Waals surface area (Å²) in [6.07, 6.45) is 6.81. The number of morpholine rings is 1. The largest absolute Gasteiger partial charge is 0.483 e. The van der Waals surface area contributed by atoms with Crippen molar-refractivity contribution >= 4 is 50.8 Å². The normalized spacial score (nSPS) is 18.5. The van der Waals surface area contributed by atoms with E-state index < -0.39 is 5.91 Å². The Kier molecular flexibility index (Phi) is 6.78. The van der Waals surface area contributed by atoms with Crippen LogP contribution in [0.2, 0.25) is 0 Å². The molecular weight excluding hydrogens is 448 g/mol. The number of terminal acetylenes is 1. The van der Waals surface area contributed by atoms with E-state index in [9.17, 15) is 14.4 Å². The standard InChI is InChI=1S/C19H17BrN2O5S/c1-2-5-22-18(24)16(28-19(22)25)11-13-3-4-15(14(20)10-13)27-12-17(23)21-6-8-26-9-7-21/h1,3-4,10-11H,5-9,12H2/b16-11-. The quantitative estimate of drug-likeness (QED) is 0.491. The van der Waals surface area contributed by atoms with Gasteiger partial charge in [0.05, 0.1) is 29.1 Å². The lowest BCUT2D eigenvalue weighted by molar-refractivity contribution is -0.137. The number of hydrogen-bond acceptors (Lipinski definition) is 6. The SMILES string of the molecule is C#CCN1C(=O)S/C(=C\c2ccc(OCC(=O)N3CCOCC3)c(Br)c2)C1=O. The third-order valence-corrected chi connectivity index (χ3v) is 5.62. The van der Waals surface area contributed by atoms with Gasteiger partial charge in [0.15, 0.2) is 6.61 Å². The Morgan fingerprint density at radius 1 is 1.36 bits per heavy atom. The third kappa shape index (κ3) is 4.76. The van der Waals surface area contributed by atoms with Gasteiger partial charge in [-0.25, -0.2) is 0 Å². The van der Waals surface area contributed by atoms with Gasteiger partial charge in [0, 0.05) is 13.1 Å². The minimum Gasteiger partial charge on any atom is -0.483 e. The molecule has 9 heteroatoms. The average Bonchev–Trinajstić information content (AvgIpc) is 2.95. The van der Waals surface area contributed by atoms with Crippen LogP contribution in [-0.4, -0.2) is 66.3 Å². The zero-order chi connectivity index (χ0) is 20.1. The summed E-state index contributed by atoms with van der Waals surface area (Å²) in [5.74, 6) is 2.31. The van der Waals surface area contributed by atoms with E-state index in [1.54, 1.807) is 29.2 Å². The zero-order valence-corrected chi connectivity index (χ0v) is 17.3. The van der Waals surface area contributed by atoms with Crippen LogP contribution in [0, 0.1) is 12.3 Å². The Labute approximate surface area is 175 Å². The number of imide groups is 1. The van der Waals surface area contributed by atoms with Crippen molar-refractivity contribution in [3.05, 3.63) is 33.1 Å². The van der Waals surface area contributed by atoms with Crippen LogP contribution >= 0.6 is 27.7 Å². The van der Waals surface area contributed by atoms with Gasteiger partial charge < -0.3 is 14.4 Å². The van der Waals surface area contributed by atoms with Crippen LogP contribution < -0.4 is 4.74 Å². The van der Waals surface area contributed by atoms with Crippen LogP contribution in [0.3, 0.4) is 0 Å². The zero-order valence-electron chi connectivity index (χ0n) is 14.9. The first-order valence-electron chi connectivity index (χ1n) is 8.46. The first-order chi connectivity index (χ1) is 13.5. The number of carbonyl (C=O) groups is 3. The molecule has 0 unspecified atom stereocenters. The van der Waals surface area contributed by atoms with Crippen LogP contribution in [0.25, 0.3) is 6.08 Å². The summed E-state index contributed by atoms with van der Waals surface area (Å²) < 4.78 is 11.5. The minimum absolute atomic E-state index is 0.0460. The van der Waals surface area contributed by atoms with Crippen molar-refractivity contribution in [1.82, 2.24) is 9.80 Å². The van der Waals surface area contributed by atoms with E-state index in [4.69, 9.17) is 15.9 Å². The number of amides is 3. The number of rotatable bonds is 5. The Bertz CT molecular complexity index is 874. The van der Waals surface area contributed by atoms with Crippen molar-refractivity contribution in [2.45, 2.75) is 0 Å². The second-order valence-electron chi connectivity index (χ2n) is 5.94. The van der Waals surface area contributed by atoms with E-state index in [0.717, 1.165) is 16.7 Å². The number of carbonyl (C=O) groups excluding carboxylic acids is 3. The maximum Gasteiger partial charge on any atom is 0.294 e. The van der Waals surface area contributed by atoms with E-state index in [1.807, 2.05) is 0 Å². The molecule has 7 nitrogen and oxygen atoms in total. The number of nitrogens with zero attached hydrogens (tertiary/aromatic N) is 2. The number of ether oxygens (including phenoxy) is 2. The second-order valence-corrected chi connectivity index (χ2v) is 7.79. The molecule has 0 radical (unpaired) electrons. The van der Waals surface area contributed by atoms with Crippen LogP contribution in [-0.2, 0) is 14.3 Å². The topological polar surface area (TPSA) is 76.2 Å². The van der Waals surface area contributed by atoms with Gasteiger partial charge in [-0.2, -0.15) is 0 Å². The predicted octanol–water partition coefficient (Wildman–Crippen LogP) is 2.36. The summed E-state index contributed by atoms with van der Waals surface area (Å²) in [4.78, 5) is 39.3. The monoisotopic (exact) mass is 464 g/mol. The summed E-state index contributed by atoms with van der Waals surface area (Å²) in [6.45, 7) is 2.10. The molecule has 0 spiro atoms. The maximum absolute atomic E-state index is 12.2. The highest BCUT2D eigenvalue weighted by atomic mass is 79.9. The summed E-state index contributed by atoms with van der Waals surface area (Å²) >= 11 is 4.26. The molecule has 0 atom stereocenters. The minimum atomic E-state index is -0.402. The molecule has 2 fully saturated rings. The lowest BCUT2D eigenvalue weighted by Crippen LogP contribution is -2.43. The summed E-state index contributed by atoms with van der Waals surface area (Å²) in [6, 6.07) is 5.20. The fourth-order valence-corrected chi connectivity index (χ4v) is 4.00. The van der Waals surface area contributed by atoms with Gasteiger partial charge in [-0.15, -0.1) is 6.42 Å². The molecule has 1 aromatic carbocycles. The molecule has 146 valence electrons. The summed E-state index contributed by atoms with van der Waals surface area (Å²) in [5.41, 5.74) is 0.713. The van der Waals surface area contributed by atoms with Crippen molar-refractivity contribution in [2.75, 3.05) is 39.5 Å². The predicted molar refractivity (Wildman–Crippen MR) is 109 cm³/mol. The van der Waals surface area contributed by atoms with Gasteiger partial charge >= 0.3 is 0 Å². The molecule has 0 bridgehead atoms. The van der Waals surface area contributed by atoms with Gasteiger partial charge in [0.25, 0.3) is 17.1 Å². The molecule has 2 aliphatic rings. The van der Waals surface area contributed by atoms with E-state index in [1.165, 1.54) is 0 Å². The Morgan fingerprint density at radius 2 is 2.11 bits per heavy atom. The fourth-order valence-electron chi connectivity index (χ4n) is 2.65. The smallest absolute Gasteiger partial charge is 0.294 e. The van der Waals surface area contributed by atoms with Crippen LogP contribution in [0.4, 0.5) is 4.79 Å². The second kappa shape index (κ2) is 9.28. The highest BCUT2D eigenvalue weighted by Gasteiger charge is 2.34. The van der Waals surface area contributed by atoms with Crippen LogP contribution in [0.5, 0.6) is 5.75 Å². The molecule has 1 aromatic rings. The maximum atomic E-state index is 12.2. The molecular formula is C19H17BrN2O5S. The first-order valence-corrected chi connectivity index (χ1v) is 10.1. The molecule has 3 amide bonds. The van der Waals surface area contributed by atoms with Gasteiger partial charge in [-0.3, -0.25) is 19.3 Å². The lowest BCUT2D eigenvalue weighted by atomic mass is 10.2. The summed E-state index contributed by atoms with van der Waals surface area (Å²) in [7, 11) is 0. The molecule has 2 heterocycles. The molecule has 0 aliphatic carbocycles. The lowest BCUT2D eigenvalue weighted by Gasteiger charge is -2.26. The Balaban J connectivity index is 1.64. The molecule has 0 N–H and O–H groups in total. The Morgan fingerprint density at radius 3 is 2.79 bits per heavy atom. The van der Waals surface area contributed by atoms with Gasteiger partial charge in [0.2, 0.25) is 0 Å². The van der Waals surface area contributed by atoms with Crippen molar-refractivity contribution in [1.29, 1.82) is 0 Å². The highest BCUT2D eigenvalue weighted by molar-refractivity contribution is 9.10. The van der Waals surface area contributed by atoms with Crippen LogP contribution in [0.1, 0.15) is 5.56 Å². The number of halogens is 1. The average molecular weight is 465 g/mol. The van der Waals surface area contributed by atoms with E-state index in [-0.39, 0.29) is 24.3 Å². The van der Waals surface area contributed by atoms with E-state index >= 15 is 0 Å². The molecule has 0 aromatic heterocycles. The molecule has 0 saturated carbocycles. The van der Waals surface area contributed by atoms with E-state index in [2.05, 4.69) is 21.9 Å². The van der Waals surface area contributed by atoms with Crippen molar-refractivity contribution in [2.24, 2.45) is 0 Å². The molecule has 3 rings (SSSR count). The Hall–Kier alpha value is -2.28.